The predicted octanol–water partition coefficient (Wildman–Crippen LogP) is 6.27. The molecule has 0 aliphatic heterocycles. The maximum Gasteiger partial charge on any atom is 0.264 e. The Hall–Kier alpha value is -4.97. The fourth-order valence-corrected chi connectivity index (χ4v) is 7.58. The lowest BCUT2D eigenvalue weighted by atomic mass is 9.94. The number of amides is 2. The summed E-state index contributed by atoms with van der Waals surface area (Å²) in [5.74, 6) is -1.93. The third-order valence-corrected chi connectivity index (χ3v) is 10.6. The van der Waals surface area contributed by atoms with E-state index >= 15 is 4.39 Å². The van der Waals surface area contributed by atoms with E-state index in [-0.39, 0.29) is 40.9 Å². The van der Waals surface area contributed by atoms with Crippen molar-refractivity contribution in [3.8, 4) is 11.5 Å². The van der Waals surface area contributed by atoms with E-state index in [0.29, 0.717) is 5.75 Å². The highest BCUT2D eigenvalue weighted by Gasteiger charge is 2.36. The van der Waals surface area contributed by atoms with Crippen LogP contribution in [0.1, 0.15) is 43.2 Å². The van der Waals surface area contributed by atoms with Gasteiger partial charge < -0.3 is 19.7 Å². The van der Waals surface area contributed by atoms with Crippen LogP contribution in [0.3, 0.4) is 0 Å². The summed E-state index contributed by atoms with van der Waals surface area (Å²) >= 11 is 0. The largest absolute Gasteiger partial charge is 0.493 e. The average Bonchev–Trinajstić information content (AvgIpc) is 3.13. The summed E-state index contributed by atoms with van der Waals surface area (Å²) < 4.78 is 69.4. The molecule has 5 rings (SSSR count). The van der Waals surface area contributed by atoms with E-state index in [1.807, 2.05) is 30.3 Å². The zero-order valence-electron chi connectivity index (χ0n) is 28.1. The first-order valence-electron chi connectivity index (χ1n) is 16.5. The minimum absolute atomic E-state index is 0.00615. The zero-order chi connectivity index (χ0) is 35.7. The fraction of sp³-hybridized carbons (Fsp3) is 0.316. The van der Waals surface area contributed by atoms with Crippen molar-refractivity contribution < 1.29 is 36.3 Å². The molecule has 1 unspecified atom stereocenters. The molecule has 0 bridgehead atoms. The Bertz CT molecular complexity index is 1870. The van der Waals surface area contributed by atoms with Crippen LogP contribution in [0.15, 0.2) is 102 Å². The lowest BCUT2D eigenvalue weighted by molar-refractivity contribution is -0.140. The fourth-order valence-electron chi connectivity index (χ4n) is 6.15. The van der Waals surface area contributed by atoms with Crippen LogP contribution in [0.5, 0.6) is 11.5 Å². The van der Waals surface area contributed by atoms with E-state index in [1.165, 1.54) is 67.7 Å². The summed E-state index contributed by atoms with van der Waals surface area (Å²) in [6, 6.07) is 22.5. The van der Waals surface area contributed by atoms with E-state index in [0.717, 1.165) is 54.1 Å². The second-order valence-electron chi connectivity index (χ2n) is 12.2. The first-order chi connectivity index (χ1) is 24.1. The number of hydrogen-bond acceptors (Lipinski definition) is 6. The number of nitrogens with zero attached hydrogens (tertiary/aromatic N) is 2. The smallest absolute Gasteiger partial charge is 0.264 e. The lowest BCUT2D eigenvalue weighted by Crippen LogP contribution is -2.55. The quantitative estimate of drug-likeness (QED) is 0.166. The van der Waals surface area contributed by atoms with Gasteiger partial charge in [0.15, 0.2) is 11.5 Å². The Kier molecular flexibility index (Phi) is 12.1. The number of sulfonamides is 1. The van der Waals surface area contributed by atoms with Crippen LogP contribution >= 0.6 is 0 Å². The number of anilines is 1. The molecule has 1 fully saturated rings. The van der Waals surface area contributed by atoms with Gasteiger partial charge in [-0.15, -0.1) is 0 Å². The highest BCUT2D eigenvalue weighted by atomic mass is 32.2. The van der Waals surface area contributed by atoms with Gasteiger partial charge in [0.1, 0.15) is 24.2 Å². The minimum Gasteiger partial charge on any atom is -0.493 e. The van der Waals surface area contributed by atoms with Crippen molar-refractivity contribution in [3.63, 3.8) is 0 Å². The molecule has 1 saturated carbocycles. The molecule has 4 aromatic rings. The topological polar surface area (TPSA) is 105 Å². The SMILES string of the molecule is COc1ccc(S(=O)(=O)N(CC(=O)N(Cc2ccccc2F)C(Cc2ccccc2)C(=O)NC2CCCCC2)c2ccc(F)cc2)cc1OC. The van der Waals surface area contributed by atoms with Crippen molar-refractivity contribution in [2.45, 2.75) is 62.0 Å². The first kappa shape index (κ1) is 36.3. The van der Waals surface area contributed by atoms with E-state index in [4.69, 9.17) is 9.47 Å². The van der Waals surface area contributed by atoms with Crippen LogP contribution in [0.2, 0.25) is 0 Å². The number of nitrogens with one attached hydrogen (secondary N) is 1. The molecule has 0 spiro atoms. The second kappa shape index (κ2) is 16.6. The van der Waals surface area contributed by atoms with Gasteiger partial charge in [-0.1, -0.05) is 67.8 Å². The highest BCUT2D eigenvalue weighted by molar-refractivity contribution is 7.92. The van der Waals surface area contributed by atoms with Crippen LogP contribution in [-0.2, 0) is 32.6 Å². The van der Waals surface area contributed by atoms with Gasteiger partial charge in [-0.05, 0) is 60.9 Å². The van der Waals surface area contributed by atoms with Crippen molar-refractivity contribution >= 4 is 27.5 Å². The molecular weight excluding hydrogens is 664 g/mol. The van der Waals surface area contributed by atoms with Gasteiger partial charge in [0.25, 0.3) is 10.0 Å². The zero-order valence-corrected chi connectivity index (χ0v) is 28.9. The molecule has 0 radical (unpaired) electrons. The van der Waals surface area contributed by atoms with Crippen molar-refractivity contribution in [1.29, 1.82) is 0 Å². The molecule has 4 aromatic carbocycles. The molecule has 9 nitrogen and oxygen atoms in total. The summed E-state index contributed by atoms with van der Waals surface area (Å²) in [4.78, 5) is 29.8. The van der Waals surface area contributed by atoms with Crippen molar-refractivity contribution in [2.75, 3.05) is 25.1 Å². The summed E-state index contributed by atoms with van der Waals surface area (Å²) in [7, 11) is -1.73. The predicted molar refractivity (Wildman–Crippen MR) is 186 cm³/mol. The number of benzene rings is 4. The van der Waals surface area contributed by atoms with Crippen molar-refractivity contribution in [1.82, 2.24) is 10.2 Å². The summed E-state index contributed by atoms with van der Waals surface area (Å²) in [6.07, 6.45) is 4.70. The minimum atomic E-state index is -4.51. The molecule has 1 N–H and O–H groups in total. The number of rotatable bonds is 14. The summed E-state index contributed by atoms with van der Waals surface area (Å²) in [6.45, 7) is -1.09. The van der Waals surface area contributed by atoms with Crippen LogP contribution in [0, 0.1) is 11.6 Å². The van der Waals surface area contributed by atoms with Gasteiger partial charge in [0.2, 0.25) is 11.8 Å². The van der Waals surface area contributed by atoms with Crippen molar-refractivity contribution in [2.24, 2.45) is 0 Å². The molecule has 12 heteroatoms. The van der Waals surface area contributed by atoms with Crippen LogP contribution in [0.25, 0.3) is 0 Å². The van der Waals surface area contributed by atoms with E-state index in [9.17, 15) is 22.4 Å². The summed E-state index contributed by atoms with van der Waals surface area (Å²) in [5, 5.41) is 3.12. The molecule has 264 valence electrons. The maximum atomic E-state index is 15.2. The monoisotopic (exact) mass is 705 g/mol. The maximum absolute atomic E-state index is 15.2. The second-order valence-corrected chi connectivity index (χ2v) is 14.0. The van der Waals surface area contributed by atoms with Crippen LogP contribution < -0.4 is 19.1 Å². The Labute approximate surface area is 291 Å². The molecule has 50 heavy (non-hydrogen) atoms. The molecule has 0 aromatic heterocycles. The standard InChI is InChI=1S/C38H41F2N3O6S/c1-48-35-22-21-32(24-36(35)49-2)50(46,47)43(31-19-17-29(39)18-20-31)26-37(44)42(25-28-13-9-10-16-33(28)40)34(23-27-11-5-3-6-12-27)38(45)41-30-14-7-4-8-15-30/h3,5-6,9-13,16-22,24,30,34H,4,7-8,14-15,23,25-26H2,1-2H3,(H,41,45). The number of hydrogen-bond donors (Lipinski definition) is 1. The van der Waals surface area contributed by atoms with Crippen molar-refractivity contribution in [3.05, 3.63) is 120 Å². The Morgan fingerprint density at radius 2 is 1.50 bits per heavy atom. The van der Waals surface area contributed by atoms with E-state index < -0.39 is 46.1 Å². The summed E-state index contributed by atoms with van der Waals surface area (Å²) in [5.41, 5.74) is 0.920. The van der Waals surface area contributed by atoms with Crippen LogP contribution in [-0.4, -0.2) is 58.0 Å². The number of halogens is 2. The van der Waals surface area contributed by atoms with Crippen LogP contribution in [0.4, 0.5) is 14.5 Å². The van der Waals surface area contributed by atoms with Gasteiger partial charge in [0, 0.05) is 30.6 Å². The Balaban J connectivity index is 1.58. The third kappa shape index (κ3) is 8.78. The number of ether oxygens (including phenoxy) is 2. The van der Waals surface area contributed by atoms with Gasteiger partial charge in [-0.3, -0.25) is 13.9 Å². The first-order valence-corrected chi connectivity index (χ1v) is 17.9. The number of carbonyl (C=O) groups excluding carboxylic acids is 2. The normalized spacial score (nSPS) is 14.0. The van der Waals surface area contributed by atoms with Gasteiger partial charge >= 0.3 is 0 Å². The average molecular weight is 706 g/mol. The lowest BCUT2D eigenvalue weighted by Gasteiger charge is -2.35. The van der Waals surface area contributed by atoms with Gasteiger partial charge in [-0.25, -0.2) is 17.2 Å². The number of carbonyl (C=O) groups is 2. The van der Waals surface area contributed by atoms with E-state index in [1.54, 1.807) is 6.07 Å². The molecule has 2 amide bonds. The molecule has 0 saturated heterocycles. The highest BCUT2D eigenvalue weighted by Crippen LogP contribution is 2.33. The molecule has 0 heterocycles. The Morgan fingerprint density at radius 1 is 0.840 bits per heavy atom. The van der Waals surface area contributed by atoms with Gasteiger partial charge in [-0.2, -0.15) is 0 Å². The molecule has 1 aliphatic carbocycles. The van der Waals surface area contributed by atoms with E-state index in [2.05, 4.69) is 5.32 Å². The molecule has 1 aliphatic rings. The third-order valence-electron chi connectivity index (χ3n) is 8.86. The number of methoxy groups -OCH3 is 2. The van der Waals surface area contributed by atoms with Gasteiger partial charge in [0.05, 0.1) is 24.8 Å². The molecule has 1 atom stereocenters. The molecular formula is C38H41F2N3O6S. The Morgan fingerprint density at radius 3 is 2.16 bits per heavy atom.